The maximum atomic E-state index is 12.1. The van der Waals surface area contributed by atoms with Gasteiger partial charge < -0.3 is 9.84 Å². The van der Waals surface area contributed by atoms with Crippen LogP contribution in [0.25, 0.3) is 0 Å². The van der Waals surface area contributed by atoms with Crippen molar-refractivity contribution in [3.63, 3.8) is 0 Å². The Morgan fingerprint density at radius 2 is 1.86 bits per heavy atom. The number of carbonyl (C=O) groups excluding carboxylic acids is 1. The van der Waals surface area contributed by atoms with E-state index in [4.69, 9.17) is 5.11 Å². The molecule has 7 nitrogen and oxygen atoms in total. The Bertz CT molecular complexity index is 608. The molecule has 1 aromatic rings. The molecule has 21 heavy (non-hydrogen) atoms. The molecule has 0 aliphatic carbocycles. The van der Waals surface area contributed by atoms with Gasteiger partial charge in [0.1, 0.15) is 0 Å². The van der Waals surface area contributed by atoms with Gasteiger partial charge >= 0.3 is 11.9 Å². The number of hydrogen-bond acceptors (Lipinski definition) is 5. The van der Waals surface area contributed by atoms with Crippen molar-refractivity contribution in [3.05, 3.63) is 29.8 Å². The van der Waals surface area contributed by atoms with Crippen molar-refractivity contribution in [1.82, 2.24) is 4.72 Å². The molecule has 1 aromatic carbocycles. The lowest BCUT2D eigenvalue weighted by Gasteiger charge is -2.13. The highest BCUT2D eigenvalue weighted by Gasteiger charge is 2.18. The molecule has 0 saturated heterocycles. The quantitative estimate of drug-likeness (QED) is 0.727. The first-order valence-corrected chi connectivity index (χ1v) is 7.67. The fourth-order valence-electron chi connectivity index (χ4n) is 1.62. The van der Waals surface area contributed by atoms with E-state index in [9.17, 15) is 18.0 Å². The van der Waals surface area contributed by atoms with Crippen molar-refractivity contribution in [2.24, 2.45) is 0 Å². The minimum atomic E-state index is -3.75. The third kappa shape index (κ3) is 5.16. The van der Waals surface area contributed by atoms with Crippen LogP contribution in [-0.4, -0.2) is 38.6 Å². The maximum Gasteiger partial charge on any atom is 0.337 e. The minimum Gasteiger partial charge on any atom is -0.481 e. The fraction of sp³-hybridized carbons (Fsp3) is 0.385. The number of carboxylic acid groups (broad SMARTS) is 1. The van der Waals surface area contributed by atoms with Gasteiger partial charge in [-0.05, 0) is 37.6 Å². The molecule has 0 saturated carbocycles. The van der Waals surface area contributed by atoms with Crippen LogP contribution in [0, 0.1) is 0 Å². The number of hydrogen-bond donors (Lipinski definition) is 2. The molecule has 0 amide bonds. The van der Waals surface area contributed by atoms with Crippen molar-refractivity contribution in [2.45, 2.75) is 30.7 Å². The summed E-state index contributed by atoms with van der Waals surface area (Å²) < 4.78 is 31.0. The SMILES string of the molecule is COC(=O)c1ccc(S(=O)(=O)NC(C)CCC(=O)O)cc1. The second-order valence-electron chi connectivity index (χ2n) is 4.47. The van der Waals surface area contributed by atoms with Crippen molar-refractivity contribution in [2.75, 3.05) is 7.11 Å². The van der Waals surface area contributed by atoms with E-state index < -0.39 is 28.0 Å². The van der Waals surface area contributed by atoms with E-state index in [0.29, 0.717) is 0 Å². The number of benzene rings is 1. The highest BCUT2D eigenvalue weighted by molar-refractivity contribution is 7.89. The van der Waals surface area contributed by atoms with E-state index in [1.54, 1.807) is 6.92 Å². The summed E-state index contributed by atoms with van der Waals surface area (Å²) in [5, 5.41) is 8.56. The molecule has 0 radical (unpaired) electrons. The summed E-state index contributed by atoms with van der Waals surface area (Å²) in [6.45, 7) is 1.59. The number of esters is 1. The molecular weight excluding hydrogens is 298 g/mol. The van der Waals surface area contributed by atoms with Gasteiger partial charge in [0.25, 0.3) is 0 Å². The Morgan fingerprint density at radius 1 is 1.29 bits per heavy atom. The van der Waals surface area contributed by atoms with E-state index in [2.05, 4.69) is 9.46 Å². The van der Waals surface area contributed by atoms with Crippen LogP contribution in [-0.2, 0) is 19.6 Å². The molecule has 2 N–H and O–H groups in total. The van der Waals surface area contributed by atoms with Gasteiger partial charge in [-0.25, -0.2) is 17.9 Å². The molecule has 116 valence electrons. The Morgan fingerprint density at radius 3 is 2.33 bits per heavy atom. The van der Waals surface area contributed by atoms with Crippen molar-refractivity contribution in [1.29, 1.82) is 0 Å². The second-order valence-corrected chi connectivity index (χ2v) is 6.18. The maximum absolute atomic E-state index is 12.1. The summed E-state index contributed by atoms with van der Waals surface area (Å²) in [5.74, 6) is -1.54. The Hall–Kier alpha value is -1.93. The van der Waals surface area contributed by atoms with Crippen LogP contribution in [0.4, 0.5) is 0 Å². The molecule has 8 heteroatoms. The molecule has 1 rings (SSSR count). The van der Waals surface area contributed by atoms with E-state index in [0.717, 1.165) is 0 Å². The highest BCUT2D eigenvalue weighted by Crippen LogP contribution is 2.12. The predicted octanol–water partition coefficient (Wildman–Crippen LogP) is 1.00. The van der Waals surface area contributed by atoms with Crippen LogP contribution in [0.3, 0.4) is 0 Å². The largest absolute Gasteiger partial charge is 0.481 e. The number of methoxy groups -OCH3 is 1. The first-order valence-electron chi connectivity index (χ1n) is 6.19. The Balaban J connectivity index is 2.78. The molecule has 0 heterocycles. The molecule has 0 fully saturated rings. The molecule has 0 spiro atoms. The van der Waals surface area contributed by atoms with Gasteiger partial charge in [-0.1, -0.05) is 0 Å². The summed E-state index contributed by atoms with van der Waals surface area (Å²) in [4.78, 5) is 21.7. The van der Waals surface area contributed by atoms with E-state index in [1.165, 1.54) is 31.4 Å². The smallest absolute Gasteiger partial charge is 0.337 e. The van der Waals surface area contributed by atoms with Crippen LogP contribution >= 0.6 is 0 Å². The van der Waals surface area contributed by atoms with Crippen LogP contribution in [0.2, 0.25) is 0 Å². The lowest BCUT2D eigenvalue weighted by atomic mass is 10.2. The number of aliphatic carboxylic acids is 1. The lowest BCUT2D eigenvalue weighted by molar-refractivity contribution is -0.137. The van der Waals surface area contributed by atoms with Crippen LogP contribution in [0.5, 0.6) is 0 Å². The second kappa shape index (κ2) is 7.19. The van der Waals surface area contributed by atoms with Crippen LogP contribution in [0.1, 0.15) is 30.1 Å². The fourth-order valence-corrected chi connectivity index (χ4v) is 2.90. The lowest BCUT2D eigenvalue weighted by Crippen LogP contribution is -2.33. The molecule has 0 aliphatic heterocycles. The van der Waals surface area contributed by atoms with Crippen molar-refractivity contribution in [3.8, 4) is 0 Å². The molecule has 1 unspecified atom stereocenters. The van der Waals surface area contributed by atoms with Gasteiger partial charge in [-0.3, -0.25) is 4.79 Å². The summed E-state index contributed by atoms with van der Waals surface area (Å²) in [6.07, 6.45) is 0.0692. The molecular formula is C13H17NO6S. The monoisotopic (exact) mass is 315 g/mol. The van der Waals surface area contributed by atoms with Gasteiger partial charge in [0, 0.05) is 12.5 Å². The molecule has 0 aliphatic rings. The highest BCUT2D eigenvalue weighted by atomic mass is 32.2. The average molecular weight is 315 g/mol. The summed E-state index contributed by atoms with van der Waals surface area (Å²) in [6, 6.07) is 4.77. The Labute approximate surface area is 123 Å². The first-order chi connectivity index (χ1) is 9.76. The van der Waals surface area contributed by atoms with Crippen LogP contribution < -0.4 is 4.72 Å². The number of sulfonamides is 1. The number of carbonyl (C=O) groups is 2. The van der Waals surface area contributed by atoms with Gasteiger partial charge in [-0.15, -0.1) is 0 Å². The number of ether oxygens (including phenoxy) is 1. The predicted molar refractivity (Wildman–Crippen MR) is 74.4 cm³/mol. The summed E-state index contributed by atoms with van der Waals surface area (Å²) >= 11 is 0. The average Bonchev–Trinajstić information content (AvgIpc) is 2.44. The zero-order chi connectivity index (χ0) is 16.0. The molecule has 1 atom stereocenters. The van der Waals surface area contributed by atoms with Gasteiger partial charge in [-0.2, -0.15) is 0 Å². The van der Waals surface area contributed by atoms with E-state index in [-0.39, 0.29) is 23.3 Å². The number of carboxylic acids is 1. The Kier molecular flexibility index (Phi) is 5.86. The normalized spacial score (nSPS) is 12.7. The first kappa shape index (κ1) is 17.1. The van der Waals surface area contributed by atoms with E-state index in [1.807, 2.05) is 0 Å². The zero-order valence-corrected chi connectivity index (χ0v) is 12.5. The zero-order valence-electron chi connectivity index (χ0n) is 11.7. The summed E-state index contributed by atoms with van der Waals surface area (Å²) in [7, 11) is -2.52. The van der Waals surface area contributed by atoms with Crippen LogP contribution in [0.15, 0.2) is 29.2 Å². The van der Waals surface area contributed by atoms with E-state index >= 15 is 0 Å². The number of rotatable bonds is 7. The molecule has 0 bridgehead atoms. The third-order valence-corrected chi connectivity index (χ3v) is 4.34. The third-order valence-electron chi connectivity index (χ3n) is 2.73. The van der Waals surface area contributed by atoms with Gasteiger partial charge in [0.2, 0.25) is 10.0 Å². The topological polar surface area (TPSA) is 110 Å². The standard InChI is InChI=1S/C13H17NO6S/c1-9(3-8-12(15)16)14-21(18,19)11-6-4-10(5-7-11)13(17)20-2/h4-7,9,14H,3,8H2,1-2H3,(H,15,16). The van der Waals surface area contributed by atoms with Crippen molar-refractivity contribution >= 4 is 22.0 Å². The molecule has 0 aromatic heterocycles. The van der Waals surface area contributed by atoms with Gasteiger partial charge in [0.15, 0.2) is 0 Å². The summed E-state index contributed by atoms with van der Waals surface area (Å²) in [5.41, 5.74) is 0.246. The number of nitrogens with one attached hydrogen (secondary N) is 1. The minimum absolute atomic E-state index is 0.00247. The van der Waals surface area contributed by atoms with Gasteiger partial charge in [0.05, 0.1) is 17.6 Å². The van der Waals surface area contributed by atoms with Crippen molar-refractivity contribution < 1.29 is 27.9 Å².